The molecule has 1 N–H and O–H groups in total. The van der Waals surface area contributed by atoms with Crippen LogP contribution in [0.4, 0.5) is 4.39 Å². The van der Waals surface area contributed by atoms with Crippen LogP contribution in [-0.4, -0.2) is 21.3 Å². The smallest absolute Gasteiger partial charge is 0.408 e. The van der Waals surface area contributed by atoms with Crippen molar-refractivity contribution in [2.24, 2.45) is 0 Å². The van der Waals surface area contributed by atoms with Gasteiger partial charge in [0.2, 0.25) is 10.8 Å². The zero-order valence-corrected chi connectivity index (χ0v) is 14.4. The van der Waals surface area contributed by atoms with E-state index in [2.05, 4.69) is 5.32 Å². The first-order valence-electron chi connectivity index (χ1n) is 8.06. The molecule has 2 fully saturated rings. The summed E-state index contributed by atoms with van der Waals surface area (Å²) in [5.74, 6) is -1.49. The van der Waals surface area contributed by atoms with Gasteiger partial charge in [0.1, 0.15) is 22.2 Å². The van der Waals surface area contributed by atoms with Crippen molar-refractivity contribution in [1.82, 2.24) is 5.32 Å². The van der Waals surface area contributed by atoms with E-state index in [1.165, 1.54) is 30.0 Å². The number of amides is 1. The molecule has 8 heteroatoms. The number of hydrogen-bond acceptors (Lipinski definition) is 5. The second-order valence-corrected chi connectivity index (χ2v) is 8.55. The van der Waals surface area contributed by atoms with Gasteiger partial charge in [-0.05, 0) is 30.7 Å². The number of ether oxygens (including phenoxy) is 1. The number of rotatable bonds is 2. The number of piperidine rings is 1. The highest BCUT2D eigenvalue weighted by molar-refractivity contribution is 8.03. The molecule has 1 amide bonds. The molecule has 5 rings (SSSR count). The van der Waals surface area contributed by atoms with Crippen molar-refractivity contribution < 1.29 is 18.8 Å². The van der Waals surface area contributed by atoms with Gasteiger partial charge in [0.15, 0.2) is 0 Å². The van der Waals surface area contributed by atoms with Gasteiger partial charge >= 0.3 is 5.72 Å². The SMILES string of the molecule is C[C@@]12S[C@@](c3ccccc3)(NC1=O)[C@]1([N+](=O)[O-])Oc3ccc(F)cc3[C@H]21. The number of nitrogens with zero attached hydrogens (tertiary/aromatic N) is 1. The summed E-state index contributed by atoms with van der Waals surface area (Å²) in [7, 11) is 0. The molecule has 2 bridgehead atoms. The number of benzene rings is 2. The number of nitro groups is 1. The van der Waals surface area contributed by atoms with Crippen LogP contribution < -0.4 is 10.1 Å². The molecule has 0 radical (unpaired) electrons. The van der Waals surface area contributed by atoms with E-state index in [1.54, 1.807) is 37.3 Å². The quantitative estimate of drug-likeness (QED) is 0.648. The number of nitrogens with one attached hydrogen (secondary N) is 1. The molecule has 3 aliphatic heterocycles. The minimum absolute atomic E-state index is 0.247. The maximum absolute atomic E-state index is 13.9. The summed E-state index contributed by atoms with van der Waals surface area (Å²) in [5.41, 5.74) is -1.00. The number of carbonyl (C=O) groups excluding carboxylic acids is 1. The van der Waals surface area contributed by atoms with Crippen LogP contribution in [0.5, 0.6) is 5.75 Å². The fourth-order valence-corrected chi connectivity index (χ4v) is 6.49. The molecule has 3 heterocycles. The number of hydrogen-bond donors (Lipinski definition) is 1. The molecule has 2 aromatic rings. The Kier molecular flexibility index (Phi) is 2.74. The van der Waals surface area contributed by atoms with Crippen LogP contribution in [0.2, 0.25) is 0 Å². The molecule has 0 aliphatic carbocycles. The van der Waals surface area contributed by atoms with Crippen molar-refractivity contribution in [3.8, 4) is 5.75 Å². The Hall–Kier alpha value is -2.61. The molecule has 0 aromatic heterocycles. The number of thioether (sulfide) groups is 1. The molecule has 3 aliphatic rings. The van der Waals surface area contributed by atoms with E-state index in [1.807, 2.05) is 0 Å². The first kappa shape index (κ1) is 15.6. The highest BCUT2D eigenvalue weighted by atomic mass is 32.2. The van der Waals surface area contributed by atoms with E-state index in [9.17, 15) is 19.3 Å². The second kappa shape index (κ2) is 4.56. The Morgan fingerprint density at radius 2 is 2.00 bits per heavy atom. The standard InChI is InChI=1S/C18H13FN2O4S/c1-16-14-12-9-11(19)7-8-13(12)25-18(14,21(23)24)17(26-16,20-15(16)22)10-5-3-2-4-6-10/h2-9,14H,1H3,(H,20,22)/t14-,16+,17-,18-/m1/s1. The average Bonchev–Trinajstić information content (AvgIpc) is 3.18. The molecule has 6 nitrogen and oxygen atoms in total. The zero-order valence-electron chi connectivity index (χ0n) is 13.6. The first-order valence-corrected chi connectivity index (χ1v) is 8.88. The summed E-state index contributed by atoms with van der Waals surface area (Å²) in [4.78, 5) is 23.4. The summed E-state index contributed by atoms with van der Waals surface area (Å²) in [5, 5.41) is 15.2. The minimum atomic E-state index is -1.95. The number of halogens is 1. The lowest BCUT2D eigenvalue weighted by molar-refractivity contribution is -0.627. The monoisotopic (exact) mass is 372 g/mol. The molecule has 0 unspecified atom stereocenters. The van der Waals surface area contributed by atoms with Gasteiger partial charge < -0.3 is 10.1 Å². The van der Waals surface area contributed by atoms with E-state index in [0.29, 0.717) is 11.1 Å². The van der Waals surface area contributed by atoms with Crippen molar-refractivity contribution in [2.45, 2.75) is 28.2 Å². The average molecular weight is 372 g/mol. The predicted molar refractivity (Wildman–Crippen MR) is 91.8 cm³/mol. The maximum Gasteiger partial charge on any atom is 0.408 e. The fraction of sp³-hybridized carbons (Fsp3) is 0.278. The zero-order chi connectivity index (χ0) is 18.3. The van der Waals surface area contributed by atoms with Gasteiger partial charge in [-0.1, -0.05) is 42.1 Å². The molecule has 4 atom stereocenters. The molecular weight excluding hydrogens is 359 g/mol. The van der Waals surface area contributed by atoms with Crippen LogP contribution in [0.1, 0.15) is 24.0 Å². The fourth-order valence-electron chi connectivity index (χ4n) is 4.53. The van der Waals surface area contributed by atoms with Crippen molar-refractivity contribution >= 4 is 17.7 Å². The van der Waals surface area contributed by atoms with Gasteiger partial charge in [0.05, 0.1) is 4.92 Å². The third-order valence-electron chi connectivity index (χ3n) is 5.55. The van der Waals surface area contributed by atoms with Crippen LogP contribution in [0.25, 0.3) is 0 Å². The van der Waals surface area contributed by atoms with Crippen molar-refractivity contribution in [3.05, 3.63) is 75.6 Å². The molecule has 2 aromatic carbocycles. The highest BCUT2D eigenvalue weighted by Gasteiger charge is 2.89. The Balaban J connectivity index is 1.85. The van der Waals surface area contributed by atoms with Crippen molar-refractivity contribution in [1.29, 1.82) is 0 Å². The number of fused-ring (bicyclic) bond motifs is 7. The summed E-state index contributed by atoms with van der Waals surface area (Å²) < 4.78 is 18.7. The summed E-state index contributed by atoms with van der Waals surface area (Å²) in [6.45, 7) is 1.66. The van der Waals surface area contributed by atoms with Crippen LogP contribution in [0, 0.1) is 15.9 Å². The van der Waals surface area contributed by atoms with Crippen LogP contribution >= 0.6 is 11.8 Å². The van der Waals surface area contributed by atoms with Crippen LogP contribution in [0.3, 0.4) is 0 Å². The lowest BCUT2D eigenvalue weighted by atomic mass is 9.72. The van der Waals surface area contributed by atoms with Gasteiger partial charge in [0.25, 0.3) is 0 Å². The minimum Gasteiger partial charge on any atom is -0.424 e. The Bertz CT molecular complexity index is 986. The Morgan fingerprint density at radius 1 is 1.27 bits per heavy atom. The van der Waals surface area contributed by atoms with Crippen LogP contribution in [-0.2, 0) is 9.67 Å². The van der Waals surface area contributed by atoms with Crippen molar-refractivity contribution in [2.75, 3.05) is 0 Å². The molecule has 2 saturated heterocycles. The Morgan fingerprint density at radius 3 is 2.69 bits per heavy atom. The van der Waals surface area contributed by atoms with E-state index < -0.39 is 32.0 Å². The molecule has 0 saturated carbocycles. The predicted octanol–water partition coefficient (Wildman–Crippen LogP) is 2.76. The first-order chi connectivity index (χ1) is 12.3. The van der Waals surface area contributed by atoms with Gasteiger partial charge in [-0.2, -0.15) is 0 Å². The second-order valence-electron chi connectivity index (χ2n) is 6.88. The summed E-state index contributed by atoms with van der Waals surface area (Å²) in [6.07, 6.45) is 0. The largest absolute Gasteiger partial charge is 0.424 e. The highest BCUT2D eigenvalue weighted by Crippen LogP contribution is 2.74. The van der Waals surface area contributed by atoms with Gasteiger partial charge in [-0.25, -0.2) is 4.39 Å². The van der Waals surface area contributed by atoms with E-state index in [0.717, 1.165) is 0 Å². The summed E-state index contributed by atoms with van der Waals surface area (Å²) in [6, 6.07) is 12.6. The van der Waals surface area contributed by atoms with Gasteiger partial charge in [0, 0.05) is 5.56 Å². The topological polar surface area (TPSA) is 81.5 Å². The van der Waals surface area contributed by atoms with E-state index in [4.69, 9.17) is 4.74 Å². The molecular formula is C18H13FN2O4S. The molecule has 0 spiro atoms. The van der Waals surface area contributed by atoms with Crippen LogP contribution in [0.15, 0.2) is 48.5 Å². The van der Waals surface area contributed by atoms with Crippen molar-refractivity contribution in [3.63, 3.8) is 0 Å². The maximum atomic E-state index is 13.9. The molecule has 132 valence electrons. The van der Waals surface area contributed by atoms with Gasteiger partial charge in [-0.3, -0.25) is 14.9 Å². The third-order valence-corrected chi connectivity index (χ3v) is 7.33. The summed E-state index contributed by atoms with van der Waals surface area (Å²) >= 11 is 1.18. The lowest BCUT2D eigenvalue weighted by Gasteiger charge is -2.38. The van der Waals surface area contributed by atoms with E-state index >= 15 is 0 Å². The third kappa shape index (κ3) is 1.48. The normalized spacial score (nSPS) is 36.2. The van der Waals surface area contributed by atoms with E-state index in [-0.39, 0.29) is 11.7 Å². The number of carbonyl (C=O) groups is 1. The molecule has 26 heavy (non-hydrogen) atoms. The lowest BCUT2D eigenvalue weighted by Crippen LogP contribution is -2.68. The van der Waals surface area contributed by atoms with Gasteiger partial charge in [-0.15, -0.1) is 0 Å². The Labute approximate surface area is 151 Å².